The van der Waals surface area contributed by atoms with Crippen LogP contribution >= 0.6 is 0 Å². The number of pyridine rings is 1. The molecule has 0 radical (unpaired) electrons. The summed E-state index contributed by atoms with van der Waals surface area (Å²) in [5.74, 6) is 0.438. The van der Waals surface area contributed by atoms with Crippen molar-refractivity contribution in [3.8, 4) is 0 Å². The van der Waals surface area contributed by atoms with Gasteiger partial charge in [0.2, 0.25) is 0 Å². The molecule has 22 heavy (non-hydrogen) atoms. The molecule has 122 valence electrons. The van der Waals surface area contributed by atoms with Gasteiger partial charge in [0, 0.05) is 30.1 Å². The van der Waals surface area contributed by atoms with E-state index in [1.165, 1.54) is 0 Å². The lowest BCUT2D eigenvalue weighted by Gasteiger charge is -2.33. The van der Waals surface area contributed by atoms with Gasteiger partial charge in [-0.3, -0.25) is 9.19 Å². The van der Waals surface area contributed by atoms with E-state index < -0.39 is 16.4 Å². The first-order valence-electron chi connectivity index (χ1n) is 7.60. The lowest BCUT2D eigenvalue weighted by Crippen LogP contribution is -2.46. The molecule has 2 atom stereocenters. The van der Waals surface area contributed by atoms with Crippen molar-refractivity contribution in [1.29, 1.82) is 0 Å². The fourth-order valence-corrected chi connectivity index (χ4v) is 3.87. The van der Waals surface area contributed by atoms with Gasteiger partial charge in [-0.05, 0) is 45.7 Å². The minimum absolute atomic E-state index is 0.0109. The largest absolute Gasteiger partial charge is 0.444 e. The van der Waals surface area contributed by atoms with E-state index in [9.17, 15) is 9.00 Å². The van der Waals surface area contributed by atoms with Crippen molar-refractivity contribution in [3.63, 3.8) is 0 Å². The Morgan fingerprint density at radius 1 is 1.45 bits per heavy atom. The first-order chi connectivity index (χ1) is 10.3. The minimum Gasteiger partial charge on any atom is -0.444 e. The summed E-state index contributed by atoms with van der Waals surface area (Å²) < 4.78 is 17.9. The van der Waals surface area contributed by atoms with Gasteiger partial charge in [0.25, 0.3) is 0 Å². The maximum absolute atomic E-state index is 12.5. The Kier molecular flexibility index (Phi) is 5.56. The number of carbonyl (C=O) groups is 1. The predicted octanol–water partition coefficient (Wildman–Crippen LogP) is 2.73. The SMILES string of the molecule is CC(C)(C)OC(=O)N1CCCC(S(=O)Cc2ccccn2)C1. The molecule has 1 amide bonds. The fraction of sp³-hybridized carbons (Fsp3) is 0.625. The van der Waals surface area contributed by atoms with Crippen molar-refractivity contribution in [2.75, 3.05) is 13.1 Å². The lowest BCUT2D eigenvalue weighted by molar-refractivity contribution is 0.0219. The molecule has 1 fully saturated rings. The number of rotatable bonds is 3. The number of piperidine rings is 1. The van der Waals surface area contributed by atoms with Crippen LogP contribution in [-0.2, 0) is 21.3 Å². The minimum atomic E-state index is -1.03. The molecule has 5 nitrogen and oxygen atoms in total. The Labute approximate surface area is 134 Å². The summed E-state index contributed by atoms with van der Waals surface area (Å²) in [5, 5.41) is -0.0109. The highest BCUT2D eigenvalue weighted by molar-refractivity contribution is 7.84. The number of nitrogens with zero attached hydrogens (tertiary/aromatic N) is 2. The average molecular weight is 324 g/mol. The average Bonchev–Trinajstić information content (AvgIpc) is 2.46. The smallest absolute Gasteiger partial charge is 0.410 e. The summed E-state index contributed by atoms with van der Waals surface area (Å²) in [6.45, 7) is 6.73. The predicted molar refractivity (Wildman–Crippen MR) is 86.9 cm³/mol. The fourth-order valence-electron chi connectivity index (χ4n) is 2.39. The van der Waals surface area contributed by atoms with Gasteiger partial charge < -0.3 is 9.64 Å². The molecule has 0 bridgehead atoms. The van der Waals surface area contributed by atoms with Crippen LogP contribution in [0, 0.1) is 0 Å². The van der Waals surface area contributed by atoms with Crippen LogP contribution in [0.25, 0.3) is 0 Å². The van der Waals surface area contributed by atoms with Gasteiger partial charge in [-0.2, -0.15) is 0 Å². The molecule has 0 N–H and O–H groups in total. The number of likely N-dealkylation sites (tertiary alicyclic amines) is 1. The Balaban J connectivity index is 1.92. The second-order valence-corrected chi connectivity index (χ2v) is 8.25. The van der Waals surface area contributed by atoms with Crippen LogP contribution in [0.5, 0.6) is 0 Å². The van der Waals surface area contributed by atoms with Gasteiger partial charge in [0.05, 0.1) is 16.7 Å². The topological polar surface area (TPSA) is 59.5 Å². The molecule has 0 aromatic carbocycles. The molecule has 0 spiro atoms. The summed E-state index contributed by atoms with van der Waals surface area (Å²) in [6, 6.07) is 5.62. The van der Waals surface area contributed by atoms with Gasteiger partial charge >= 0.3 is 6.09 Å². The summed E-state index contributed by atoms with van der Waals surface area (Å²) in [7, 11) is -1.03. The van der Waals surface area contributed by atoms with Crippen molar-refractivity contribution < 1.29 is 13.7 Å². The third kappa shape index (κ3) is 5.09. The lowest BCUT2D eigenvalue weighted by atomic mass is 10.1. The molecule has 1 aliphatic rings. The van der Waals surface area contributed by atoms with Crippen LogP contribution in [0.15, 0.2) is 24.4 Å². The Bertz CT molecular complexity index is 528. The van der Waals surface area contributed by atoms with Crippen molar-refractivity contribution in [2.24, 2.45) is 0 Å². The highest BCUT2D eigenvalue weighted by Crippen LogP contribution is 2.19. The molecular formula is C16H24N2O3S. The summed E-state index contributed by atoms with van der Waals surface area (Å²) in [6.07, 6.45) is 3.13. The van der Waals surface area contributed by atoms with Crippen LogP contribution in [0.1, 0.15) is 39.3 Å². The van der Waals surface area contributed by atoms with E-state index in [0.29, 0.717) is 18.8 Å². The molecule has 1 aromatic rings. The van der Waals surface area contributed by atoms with Crippen molar-refractivity contribution in [2.45, 2.75) is 50.2 Å². The quantitative estimate of drug-likeness (QED) is 0.858. The maximum Gasteiger partial charge on any atom is 0.410 e. The molecule has 1 aliphatic heterocycles. The summed E-state index contributed by atoms with van der Waals surface area (Å²) in [5.41, 5.74) is 0.326. The first kappa shape index (κ1) is 16.9. The summed E-state index contributed by atoms with van der Waals surface area (Å²) >= 11 is 0. The third-order valence-corrected chi connectivity index (χ3v) is 5.13. The Hall–Kier alpha value is -1.43. The molecule has 2 rings (SSSR count). The number of carbonyl (C=O) groups excluding carboxylic acids is 1. The highest BCUT2D eigenvalue weighted by Gasteiger charge is 2.30. The molecule has 1 saturated heterocycles. The van der Waals surface area contributed by atoms with Gasteiger partial charge in [-0.15, -0.1) is 0 Å². The zero-order chi connectivity index (χ0) is 16.2. The van der Waals surface area contributed by atoms with Crippen LogP contribution in [-0.4, -0.2) is 44.1 Å². The standard InChI is InChI=1S/C16H24N2O3S/c1-16(2,3)21-15(19)18-10-6-8-14(11-18)22(20)12-13-7-4-5-9-17-13/h4-5,7,9,14H,6,8,10-12H2,1-3H3. The van der Waals surface area contributed by atoms with E-state index in [2.05, 4.69) is 4.98 Å². The third-order valence-electron chi connectivity index (χ3n) is 3.42. The van der Waals surface area contributed by atoms with Gasteiger partial charge in [0.15, 0.2) is 0 Å². The monoisotopic (exact) mass is 324 g/mol. The second kappa shape index (κ2) is 7.22. The molecule has 1 aromatic heterocycles. The van der Waals surface area contributed by atoms with E-state index in [1.54, 1.807) is 11.1 Å². The second-order valence-electron chi connectivity index (χ2n) is 6.54. The number of hydrogen-bond donors (Lipinski definition) is 0. The van der Waals surface area contributed by atoms with Crippen molar-refractivity contribution in [1.82, 2.24) is 9.88 Å². The molecular weight excluding hydrogens is 300 g/mol. The zero-order valence-electron chi connectivity index (χ0n) is 13.4. The summed E-state index contributed by atoms with van der Waals surface area (Å²) in [4.78, 5) is 18.0. The molecule has 2 unspecified atom stereocenters. The van der Waals surface area contributed by atoms with Crippen LogP contribution in [0.3, 0.4) is 0 Å². The van der Waals surface area contributed by atoms with Gasteiger partial charge in [-0.25, -0.2) is 4.79 Å². The Morgan fingerprint density at radius 2 is 2.23 bits per heavy atom. The molecule has 2 heterocycles. The van der Waals surface area contributed by atoms with E-state index in [-0.39, 0.29) is 11.3 Å². The Morgan fingerprint density at radius 3 is 2.86 bits per heavy atom. The van der Waals surface area contributed by atoms with Crippen molar-refractivity contribution in [3.05, 3.63) is 30.1 Å². The molecule has 0 aliphatic carbocycles. The van der Waals surface area contributed by atoms with E-state index in [1.807, 2.05) is 39.0 Å². The number of aromatic nitrogens is 1. The van der Waals surface area contributed by atoms with E-state index in [0.717, 1.165) is 18.5 Å². The zero-order valence-corrected chi connectivity index (χ0v) is 14.3. The van der Waals surface area contributed by atoms with Crippen LogP contribution in [0.2, 0.25) is 0 Å². The normalized spacial score (nSPS) is 20.5. The molecule has 6 heteroatoms. The van der Waals surface area contributed by atoms with Gasteiger partial charge in [0.1, 0.15) is 5.60 Å². The number of hydrogen-bond acceptors (Lipinski definition) is 4. The molecule has 0 saturated carbocycles. The van der Waals surface area contributed by atoms with E-state index >= 15 is 0 Å². The maximum atomic E-state index is 12.5. The number of ether oxygens (including phenoxy) is 1. The highest BCUT2D eigenvalue weighted by atomic mass is 32.2. The van der Waals surface area contributed by atoms with Crippen LogP contribution < -0.4 is 0 Å². The van der Waals surface area contributed by atoms with Crippen LogP contribution in [0.4, 0.5) is 4.79 Å². The first-order valence-corrected chi connectivity index (χ1v) is 8.98. The van der Waals surface area contributed by atoms with Gasteiger partial charge in [-0.1, -0.05) is 6.07 Å². The van der Waals surface area contributed by atoms with Crippen molar-refractivity contribution >= 4 is 16.9 Å². The van der Waals surface area contributed by atoms with E-state index in [4.69, 9.17) is 4.74 Å². The number of amides is 1.